The molecule has 0 fully saturated rings. The minimum atomic E-state index is -0.874. The lowest BCUT2D eigenvalue weighted by Gasteiger charge is -2.18. The van der Waals surface area contributed by atoms with Crippen molar-refractivity contribution in [3.63, 3.8) is 0 Å². The predicted octanol–water partition coefficient (Wildman–Crippen LogP) is 2.96. The Bertz CT molecular complexity index is 443. The van der Waals surface area contributed by atoms with Crippen molar-refractivity contribution in [3.8, 4) is 11.5 Å². The molecule has 4 nitrogen and oxygen atoms in total. The summed E-state index contributed by atoms with van der Waals surface area (Å²) in [6, 6.07) is 1.78. The van der Waals surface area contributed by atoms with E-state index in [1.165, 1.54) is 7.11 Å². The Kier molecular flexibility index (Phi) is 4.40. The first-order valence-corrected chi connectivity index (χ1v) is 5.87. The Balaban J connectivity index is 3.47. The van der Waals surface area contributed by atoms with Crippen molar-refractivity contribution in [2.75, 3.05) is 14.2 Å². The molecule has 1 rings (SSSR count). The Morgan fingerprint density at radius 1 is 1.41 bits per heavy atom. The largest absolute Gasteiger partial charge is 0.493 e. The molecule has 0 bridgehead atoms. The number of carboxylic acids is 1. The molecule has 94 valence electrons. The third kappa shape index (κ3) is 2.54. The van der Waals surface area contributed by atoms with Gasteiger partial charge in [0, 0.05) is 0 Å². The van der Waals surface area contributed by atoms with Crippen LogP contribution in [0, 0.1) is 6.92 Å². The van der Waals surface area contributed by atoms with Gasteiger partial charge in [-0.1, -0.05) is 0 Å². The van der Waals surface area contributed by atoms with Gasteiger partial charge in [-0.05, 0) is 47.0 Å². The van der Waals surface area contributed by atoms with E-state index in [1.807, 2.05) is 6.92 Å². The quantitative estimate of drug-likeness (QED) is 0.929. The fourth-order valence-corrected chi connectivity index (χ4v) is 2.75. The van der Waals surface area contributed by atoms with Crippen molar-refractivity contribution in [1.29, 1.82) is 0 Å². The summed E-state index contributed by atoms with van der Waals surface area (Å²) in [7, 11) is 3.07. The van der Waals surface area contributed by atoms with Gasteiger partial charge in [0.25, 0.3) is 0 Å². The van der Waals surface area contributed by atoms with E-state index in [0.717, 1.165) is 5.56 Å². The van der Waals surface area contributed by atoms with E-state index in [2.05, 4.69) is 15.9 Å². The predicted molar refractivity (Wildman–Crippen MR) is 68.0 cm³/mol. The highest BCUT2D eigenvalue weighted by atomic mass is 79.9. The van der Waals surface area contributed by atoms with Crippen LogP contribution in [0.25, 0.3) is 0 Å². The highest BCUT2D eigenvalue weighted by Crippen LogP contribution is 2.42. The second-order valence-electron chi connectivity index (χ2n) is 3.72. The van der Waals surface area contributed by atoms with Crippen LogP contribution in [0.1, 0.15) is 24.0 Å². The van der Waals surface area contributed by atoms with Crippen LogP contribution < -0.4 is 9.47 Å². The van der Waals surface area contributed by atoms with Gasteiger partial charge in [-0.2, -0.15) is 0 Å². The number of carbonyl (C=O) groups is 1. The van der Waals surface area contributed by atoms with Gasteiger partial charge < -0.3 is 14.6 Å². The lowest BCUT2D eigenvalue weighted by molar-refractivity contribution is -0.138. The third-order valence-electron chi connectivity index (χ3n) is 2.66. The SMILES string of the molecule is COc1cc(C)c(C(C)C(=O)O)c(Br)c1OC. The zero-order valence-corrected chi connectivity index (χ0v) is 11.8. The van der Waals surface area contributed by atoms with Crippen LogP contribution >= 0.6 is 15.9 Å². The number of halogens is 1. The number of benzene rings is 1. The van der Waals surface area contributed by atoms with Crippen molar-refractivity contribution in [2.45, 2.75) is 19.8 Å². The lowest BCUT2D eigenvalue weighted by atomic mass is 9.96. The van der Waals surface area contributed by atoms with Crippen LogP contribution in [0.3, 0.4) is 0 Å². The summed E-state index contributed by atoms with van der Waals surface area (Å²) in [5, 5.41) is 9.08. The molecule has 0 aromatic heterocycles. The summed E-state index contributed by atoms with van der Waals surface area (Å²) in [5.41, 5.74) is 1.56. The van der Waals surface area contributed by atoms with E-state index in [4.69, 9.17) is 14.6 Å². The van der Waals surface area contributed by atoms with E-state index in [-0.39, 0.29) is 0 Å². The number of aryl methyl sites for hydroxylation is 1. The zero-order chi connectivity index (χ0) is 13.2. The first-order valence-electron chi connectivity index (χ1n) is 5.07. The molecule has 1 aromatic rings. The molecule has 0 saturated heterocycles. The van der Waals surface area contributed by atoms with Gasteiger partial charge in [-0.3, -0.25) is 4.79 Å². The molecule has 0 heterocycles. The standard InChI is InChI=1S/C12H15BrO4/c1-6-5-8(16-3)11(17-4)10(13)9(6)7(2)12(14)15/h5,7H,1-4H3,(H,14,15). The molecule has 1 unspecified atom stereocenters. The highest BCUT2D eigenvalue weighted by molar-refractivity contribution is 9.10. The monoisotopic (exact) mass is 302 g/mol. The Labute approximate surface area is 109 Å². The number of hydrogen-bond acceptors (Lipinski definition) is 3. The molecular weight excluding hydrogens is 288 g/mol. The van der Waals surface area contributed by atoms with E-state index in [1.54, 1.807) is 20.1 Å². The maximum Gasteiger partial charge on any atom is 0.310 e. The van der Waals surface area contributed by atoms with Crippen molar-refractivity contribution in [3.05, 3.63) is 21.7 Å². The van der Waals surface area contributed by atoms with Crippen molar-refractivity contribution < 1.29 is 19.4 Å². The van der Waals surface area contributed by atoms with Crippen LogP contribution in [0.15, 0.2) is 10.5 Å². The summed E-state index contributed by atoms with van der Waals surface area (Å²) in [6.07, 6.45) is 0. The molecule has 0 aliphatic rings. The average Bonchev–Trinajstić information content (AvgIpc) is 2.27. The van der Waals surface area contributed by atoms with Gasteiger partial charge in [0.05, 0.1) is 24.6 Å². The van der Waals surface area contributed by atoms with Gasteiger partial charge in [0.15, 0.2) is 11.5 Å². The average molecular weight is 303 g/mol. The number of carboxylic acid groups (broad SMARTS) is 1. The number of methoxy groups -OCH3 is 2. The van der Waals surface area contributed by atoms with Crippen LogP contribution in [0.5, 0.6) is 11.5 Å². The van der Waals surface area contributed by atoms with E-state index < -0.39 is 11.9 Å². The molecule has 0 aliphatic heterocycles. The van der Waals surface area contributed by atoms with Crippen LogP contribution in [-0.4, -0.2) is 25.3 Å². The smallest absolute Gasteiger partial charge is 0.310 e. The minimum Gasteiger partial charge on any atom is -0.493 e. The highest BCUT2D eigenvalue weighted by Gasteiger charge is 2.23. The summed E-state index contributed by atoms with van der Waals surface area (Å²) in [6.45, 7) is 3.49. The Hall–Kier alpha value is -1.23. The van der Waals surface area contributed by atoms with Gasteiger partial charge in [-0.15, -0.1) is 0 Å². The zero-order valence-electron chi connectivity index (χ0n) is 10.2. The lowest BCUT2D eigenvalue weighted by Crippen LogP contribution is -2.10. The van der Waals surface area contributed by atoms with Gasteiger partial charge in [-0.25, -0.2) is 0 Å². The van der Waals surface area contributed by atoms with Gasteiger partial charge in [0.2, 0.25) is 0 Å². The second kappa shape index (κ2) is 5.40. The molecule has 1 aromatic carbocycles. The topological polar surface area (TPSA) is 55.8 Å². The Morgan fingerprint density at radius 3 is 2.41 bits per heavy atom. The molecule has 0 radical (unpaired) electrons. The van der Waals surface area contributed by atoms with E-state index in [9.17, 15) is 4.79 Å². The molecule has 0 spiro atoms. The summed E-state index contributed by atoms with van der Waals surface area (Å²) in [4.78, 5) is 11.1. The molecule has 5 heteroatoms. The second-order valence-corrected chi connectivity index (χ2v) is 4.51. The maximum absolute atomic E-state index is 11.1. The fourth-order valence-electron chi connectivity index (χ4n) is 1.74. The number of rotatable bonds is 4. The van der Waals surface area contributed by atoms with Crippen LogP contribution in [-0.2, 0) is 4.79 Å². The number of ether oxygens (including phenoxy) is 2. The van der Waals surface area contributed by atoms with Gasteiger partial charge >= 0.3 is 5.97 Å². The normalized spacial score (nSPS) is 12.1. The first kappa shape index (κ1) is 13.8. The fraction of sp³-hybridized carbons (Fsp3) is 0.417. The third-order valence-corrected chi connectivity index (χ3v) is 3.45. The first-order chi connectivity index (χ1) is 7.93. The minimum absolute atomic E-state index is 0.515. The Morgan fingerprint density at radius 2 is 2.00 bits per heavy atom. The van der Waals surface area contributed by atoms with Crippen LogP contribution in [0.4, 0.5) is 0 Å². The summed E-state index contributed by atoms with van der Waals surface area (Å²) in [5.74, 6) is -0.385. The molecule has 0 aliphatic carbocycles. The maximum atomic E-state index is 11.1. The van der Waals surface area contributed by atoms with E-state index in [0.29, 0.717) is 21.5 Å². The summed E-state index contributed by atoms with van der Waals surface area (Å²) >= 11 is 3.38. The molecule has 17 heavy (non-hydrogen) atoms. The number of hydrogen-bond donors (Lipinski definition) is 1. The summed E-state index contributed by atoms with van der Waals surface area (Å²) < 4.78 is 11.0. The van der Waals surface area contributed by atoms with Gasteiger partial charge in [0.1, 0.15) is 0 Å². The van der Waals surface area contributed by atoms with E-state index >= 15 is 0 Å². The molecule has 1 N–H and O–H groups in total. The van der Waals surface area contributed by atoms with Crippen LogP contribution in [0.2, 0.25) is 0 Å². The molecule has 1 atom stereocenters. The molecule has 0 amide bonds. The van der Waals surface area contributed by atoms with Crippen molar-refractivity contribution in [2.24, 2.45) is 0 Å². The molecule has 0 saturated carbocycles. The van der Waals surface area contributed by atoms with Crippen molar-refractivity contribution in [1.82, 2.24) is 0 Å². The number of aliphatic carboxylic acids is 1. The molecular formula is C12H15BrO4. The van der Waals surface area contributed by atoms with Crippen molar-refractivity contribution >= 4 is 21.9 Å².